The first-order valence-corrected chi connectivity index (χ1v) is 13.4. The van der Waals surface area contributed by atoms with Gasteiger partial charge in [0, 0.05) is 24.7 Å². The van der Waals surface area contributed by atoms with Crippen molar-refractivity contribution < 1.29 is 14.2 Å². The molecule has 6 heteroatoms. The summed E-state index contributed by atoms with van der Waals surface area (Å²) in [5.74, 6) is 1.26. The van der Waals surface area contributed by atoms with Gasteiger partial charge in [-0.3, -0.25) is 4.99 Å². The van der Waals surface area contributed by atoms with Crippen molar-refractivity contribution in [1.82, 2.24) is 9.47 Å². The Hall–Kier alpha value is -2.83. The Morgan fingerprint density at radius 3 is 2.57 bits per heavy atom. The van der Waals surface area contributed by atoms with Crippen LogP contribution in [0.1, 0.15) is 57.5 Å². The molecular weight excluding hydrogens is 462 g/mol. The fourth-order valence-electron chi connectivity index (χ4n) is 5.15. The van der Waals surface area contributed by atoms with Gasteiger partial charge in [0.25, 0.3) is 0 Å². The van der Waals surface area contributed by atoms with Crippen molar-refractivity contribution in [2.45, 2.75) is 71.9 Å². The van der Waals surface area contributed by atoms with E-state index < -0.39 is 0 Å². The summed E-state index contributed by atoms with van der Waals surface area (Å²) in [4.78, 5) is 7.50. The number of hydrogen-bond acceptors (Lipinski definition) is 4. The van der Waals surface area contributed by atoms with Crippen LogP contribution in [0.2, 0.25) is 0 Å². The van der Waals surface area contributed by atoms with E-state index >= 15 is 0 Å². The largest absolute Gasteiger partial charge is 0.497 e. The number of aliphatic imine (C=N–C) groups is 1. The van der Waals surface area contributed by atoms with Gasteiger partial charge in [0.1, 0.15) is 12.5 Å². The monoisotopic (exact) mass is 505 g/mol. The molecule has 0 unspecified atom stereocenters. The molecule has 4 rings (SSSR count). The Bertz CT molecular complexity index is 1210. The van der Waals surface area contributed by atoms with E-state index in [1.165, 1.54) is 27.7 Å². The number of rotatable bonds is 10. The van der Waals surface area contributed by atoms with E-state index in [9.17, 15) is 0 Å². The summed E-state index contributed by atoms with van der Waals surface area (Å²) in [6.45, 7) is 12.8. The van der Waals surface area contributed by atoms with Crippen LogP contribution in [-0.4, -0.2) is 54.8 Å². The van der Waals surface area contributed by atoms with Crippen LogP contribution in [0, 0.1) is 5.92 Å². The van der Waals surface area contributed by atoms with Gasteiger partial charge in [0.2, 0.25) is 0 Å². The van der Waals surface area contributed by atoms with Crippen LogP contribution in [0.25, 0.3) is 10.9 Å². The number of benzene rings is 2. The highest BCUT2D eigenvalue weighted by atomic mass is 16.5. The number of hydrogen-bond donors (Lipinski definition) is 0. The third kappa shape index (κ3) is 6.36. The van der Waals surface area contributed by atoms with Crippen molar-refractivity contribution in [3.63, 3.8) is 0 Å². The summed E-state index contributed by atoms with van der Waals surface area (Å²) in [5, 5.41) is 1.32. The second-order valence-electron chi connectivity index (χ2n) is 11.3. The highest BCUT2D eigenvalue weighted by Crippen LogP contribution is 2.39. The molecule has 0 spiro atoms. The first kappa shape index (κ1) is 27.2. The maximum absolute atomic E-state index is 6.12. The maximum atomic E-state index is 6.12. The summed E-state index contributed by atoms with van der Waals surface area (Å²) in [6, 6.07) is 17.3. The molecule has 37 heavy (non-hydrogen) atoms. The Labute approximate surface area is 222 Å². The van der Waals surface area contributed by atoms with Gasteiger partial charge >= 0.3 is 0 Å². The molecule has 0 saturated heterocycles. The Balaban J connectivity index is 1.74. The minimum absolute atomic E-state index is 0.0999. The van der Waals surface area contributed by atoms with E-state index in [1.54, 1.807) is 14.2 Å². The third-order valence-corrected chi connectivity index (χ3v) is 7.14. The molecule has 0 saturated carbocycles. The van der Waals surface area contributed by atoms with Crippen molar-refractivity contribution >= 4 is 17.2 Å². The predicted molar refractivity (Wildman–Crippen MR) is 152 cm³/mol. The Morgan fingerprint density at radius 1 is 1.08 bits per heavy atom. The lowest BCUT2D eigenvalue weighted by molar-refractivity contribution is -0.0145. The van der Waals surface area contributed by atoms with E-state index in [0.29, 0.717) is 19.3 Å². The molecule has 0 aliphatic carbocycles. The average Bonchev–Trinajstić information content (AvgIpc) is 3.18. The molecule has 1 aliphatic heterocycles. The first-order chi connectivity index (χ1) is 17.7. The highest BCUT2D eigenvalue weighted by Gasteiger charge is 2.32. The molecule has 2 atom stereocenters. The zero-order chi connectivity index (χ0) is 26.6. The third-order valence-electron chi connectivity index (χ3n) is 7.14. The lowest BCUT2D eigenvalue weighted by atomic mass is 9.93. The van der Waals surface area contributed by atoms with Gasteiger partial charge in [-0.25, -0.2) is 0 Å². The fraction of sp³-hybridized carbons (Fsp3) is 0.516. The van der Waals surface area contributed by atoms with Crippen molar-refractivity contribution in [2.24, 2.45) is 10.9 Å². The van der Waals surface area contributed by atoms with Gasteiger partial charge in [0.15, 0.2) is 0 Å². The first-order valence-electron chi connectivity index (χ1n) is 13.4. The fourth-order valence-corrected chi connectivity index (χ4v) is 5.15. The van der Waals surface area contributed by atoms with Crippen LogP contribution in [0.5, 0.6) is 5.75 Å². The Morgan fingerprint density at radius 2 is 1.86 bits per heavy atom. The van der Waals surface area contributed by atoms with Crippen molar-refractivity contribution in [2.75, 3.05) is 27.4 Å². The summed E-state index contributed by atoms with van der Waals surface area (Å²) in [5.41, 5.74) is 5.01. The number of aromatic nitrogens is 1. The van der Waals surface area contributed by atoms with E-state index in [0.717, 1.165) is 25.1 Å². The number of para-hydroxylation sites is 1. The molecule has 2 heterocycles. The summed E-state index contributed by atoms with van der Waals surface area (Å²) in [6.07, 6.45) is 3.90. The lowest BCUT2D eigenvalue weighted by Crippen LogP contribution is -2.38. The van der Waals surface area contributed by atoms with Crippen LogP contribution < -0.4 is 4.74 Å². The quantitative estimate of drug-likeness (QED) is 0.241. The van der Waals surface area contributed by atoms with Crippen LogP contribution >= 0.6 is 0 Å². The van der Waals surface area contributed by atoms with Crippen molar-refractivity contribution in [1.29, 1.82) is 0 Å². The van der Waals surface area contributed by atoms with E-state index in [-0.39, 0.29) is 17.7 Å². The van der Waals surface area contributed by atoms with Crippen LogP contribution in [0.15, 0.2) is 53.5 Å². The van der Waals surface area contributed by atoms with Crippen molar-refractivity contribution in [3.8, 4) is 5.75 Å². The smallest absolute Gasteiger partial charge is 0.122 e. The maximum Gasteiger partial charge on any atom is 0.122 e. The zero-order valence-corrected chi connectivity index (χ0v) is 23.5. The molecule has 0 bridgehead atoms. The molecule has 6 nitrogen and oxygen atoms in total. The molecule has 0 fully saturated rings. The summed E-state index contributed by atoms with van der Waals surface area (Å²) in [7, 11) is 3.49. The number of methoxy groups -OCH3 is 2. The topological polar surface area (TPSA) is 48.2 Å². The lowest BCUT2D eigenvalue weighted by Gasteiger charge is -2.36. The molecule has 1 aromatic heterocycles. The SMILES string of the molecule is COCn1c2c(c3ccccc31)CCN(C=N[C@H](COC(C)(C)C)C(C)C)[C@H]2Cc1cccc(OC)c1. The minimum atomic E-state index is -0.182. The summed E-state index contributed by atoms with van der Waals surface area (Å²) >= 11 is 0. The number of ether oxygens (including phenoxy) is 3. The van der Waals surface area contributed by atoms with E-state index in [4.69, 9.17) is 19.2 Å². The minimum Gasteiger partial charge on any atom is -0.497 e. The molecular formula is C31H43N3O3. The van der Waals surface area contributed by atoms with Crippen molar-refractivity contribution in [3.05, 3.63) is 65.4 Å². The van der Waals surface area contributed by atoms with Crippen LogP contribution in [-0.2, 0) is 29.0 Å². The Kier molecular flexibility index (Phi) is 8.60. The highest BCUT2D eigenvalue weighted by molar-refractivity contribution is 5.86. The van der Waals surface area contributed by atoms with Crippen LogP contribution in [0.3, 0.4) is 0 Å². The zero-order valence-electron chi connectivity index (χ0n) is 23.5. The average molecular weight is 506 g/mol. The van der Waals surface area contributed by atoms with E-state index in [2.05, 4.69) is 92.9 Å². The van der Waals surface area contributed by atoms with Gasteiger partial charge in [-0.15, -0.1) is 0 Å². The van der Waals surface area contributed by atoms with Gasteiger partial charge < -0.3 is 23.7 Å². The molecule has 2 aromatic carbocycles. The van der Waals surface area contributed by atoms with E-state index in [1.807, 2.05) is 6.07 Å². The molecule has 0 radical (unpaired) electrons. The molecule has 0 N–H and O–H groups in total. The second-order valence-corrected chi connectivity index (χ2v) is 11.3. The molecule has 3 aromatic rings. The van der Waals surface area contributed by atoms with Gasteiger partial charge in [0.05, 0.1) is 43.3 Å². The van der Waals surface area contributed by atoms with Gasteiger partial charge in [-0.05, 0) is 68.9 Å². The summed E-state index contributed by atoms with van der Waals surface area (Å²) < 4.78 is 19.7. The van der Waals surface area contributed by atoms with Gasteiger partial charge in [-0.1, -0.05) is 44.2 Å². The predicted octanol–water partition coefficient (Wildman–Crippen LogP) is 6.26. The number of fused-ring (bicyclic) bond motifs is 3. The van der Waals surface area contributed by atoms with Gasteiger partial charge in [-0.2, -0.15) is 0 Å². The molecule has 0 amide bonds. The normalized spacial score (nSPS) is 17.1. The number of nitrogens with zero attached hydrogens (tertiary/aromatic N) is 3. The molecule has 200 valence electrons. The standard InChI is InChI=1S/C31H43N3O3/c1-22(2)27(19-37-31(3,4)5)32-20-33-16-15-26-25-13-8-9-14-28(25)34(21-35-6)30(26)29(33)18-23-11-10-12-24(17-23)36-7/h8-14,17,20,22,27,29H,15-16,18-19,21H2,1-7H3/t27-,29+/m1/s1. The second kappa shape index (κ2) is 11.7. The molecule has 1 aliphatic rings. The van der Waals surface area contributed by atoms with Crippen LogP contribution in [0.4, 0.5) is 0 Å².